The Labute approximate surface area is 164 Å². The van der Waals surface area contributed by atoms with E-state index in [1.54, 1.807) is 24.9 Å². The molecule has 2 amide bonds. The molecule has 0 saturated heterocycles. The highest BCUT2D eigenvalue weighted by Gasteiger charge is 2.29. The van der Waals surface area contributed by atoms with Gasteiger partial charge in [0, 0.05) is 23.6 Å². The van der Waals surface area contributed by atoms with Crippen molar-refractivity contribution in [3.8, 4) is 17.0 Å². The van der Waals surface area contributed by atoms with Crippen LogP contribution in [0.4, 0.5) is 15.2 Å². The number of benzene rings is 2. The van der Waals surface area contributed by atoms with Crippen LogP contribution in [0.1, 0.15) is 17.3 Å². The zero-order valence-electron chi connectivity index (χ0n) is 15.1. The SMILES string of the molecule is CC1Oc2ccc(-c3csc(NC(=O)c4ccc(F)cc4)n3)cc2N(C)C1=O. The number of likely N-dealkylation sites (N-methyl/N-ethyl adjacent to an activating group) is 1. The van der Waals surface area contributed by atoms with Gasteiger partial charge in [0.1, 0.15) is 11.6 Å². The van der Waals surface area contributed by atoms with E-state index >= 15 is 0 Å². The van der Waals surface area contributed by atoms with E-state index in [4.69, 9.17) is 4.74 Å². The Hall–Kier alpha value is -3.26. The van der Waals surface area contributed by atoms with Crippen LogP contribution in [-0.2, 0) is 4.79 Å². The van der Waals surface area contributed by atoms with Gasteiger partial charge in [0.2, 0.25) is 0 Å². The third-order valence-corrected chi connectivity index (χ3v) is 5.19. The van der Waals surface area contributed by atoms with E-state index in [2.05, 4.69) is 10.3 Å². The van der Waals surface area contributed by atoms with E-state index in [0.717, 1.165) is 5.56 Å². The molecule has 28 heavy (non-hydrogen) atoms. The van der Waals surface area contributed by atoms with Crippen molar-refractivity contribution in [1.29, 1.82) is 0 Å². The van der Waals surface area contributed by atoms with Gasteiger partial charge in [0.15, 0.2) is 11.2 Å². The molecule has 2 heterocycles. The first kappa shape index (κ1) is 18.1. The lowest BCUT2D eigenvalue weighted by Crippen LogP contribution is -2.41. The van der Waals surface area contributed by atoms with Gasteiger partial charge in [0.25, 0.3) is 11.8 Å². The Morgan fingerprint density at radius 3 is 2.75 bits per heavy atom. The number of carbonyl (C=O) groups is 2. The first-order valence-corrected chi connectivity index (χ1v) is 9.41. The smallest absolute Gasteiger partial charge is 0.267 e. The minimum absolute atomic E-state index is 0.116. The van der Waals surface area contributed by atoms with E-state index in [1.807, 2.05) is 17.5 Å². The summed E-state index contributed by atoms with van der Waals surface area (Å²) in [6, 6.07) is 10.8. The standard InChI is InChI=1S/C20H16FN3O3S/c1-11-19(26)24(2)16-9-13(5-8-17(16)27-11)15-10-28-20(22-15)23-18(25)12-3-6-14(21)7-4-12/h3-11H,1-2H3,(H,22,23,25). The highest BCUT2D eigenvalue weighted by Crippen LogP contribution is 2.37. The quantitative estimate of drug-likeness (QED) is 0.727. The van der Waals surface area contributed by atoms with Gasteiger partial charge >= 0.3 is 0 Å². The van der Waals surface area contributed by atoms with Crippen LogP contribution in [0.2, 0.25) is 0 Å². The molecule has 142 valence electrons. The van der Waals surface area contributed by atoms with Crippen LogP contribution >= 0.6 is 11.3 Å². The normalized spacial score (nSPS) is 15.8. The molecular weight excluding hydrogens is 381 g/mol. The molecule has 1 aliphatic heterocycles. The molecule has 6 nitrogen and oxygen atoms in total. The molecule has 1 aromatic heterocycles. The molecule has 0 bridgehead atoms. The number of amides is 2. The molecule has 0 radical (unpaired) electrons. The summed E-state index contributed by atoms with van der Waals surface area (Å²) in [5, 5.41) is 4.95. The maximum Gasteiger partial charge on any atom is 0.267 e. The van der Waals surface area contributed by atoms with Crippen molar-refractivity contribution >= 4 is 34.0 Å². The van der Waals surface area contributed by atoms with Crippen molar-refractivity contribution in [2.45, 2.75) is 13.0 Å². The molecule has 1 N–H and O–H groups in total. The number of halogens is 1. The molecule has 1 aliphatic rings. The summed E-state index contributed by atoms with van der Waals surface area (Å²) < 4.78 is 18.6. The van der Waals surface area contributed by atoms with Gasteiger partial charge in [-0.15, -0.1) is 11.3 Å². The van der Waals surface area contributed by atoms with Gasteiger partial charge in [-0.2, -0.15) is 0 Å². The Morgan fingerprint density at radius 1 is 1.25 bits per heavy atom. The predicted octanol–water partition coefficient (Wildman–Crippen LogP) is 3.95. The second-order valence-electron chi connectivity index (χ2n) is 6.34. The van der Waals surface area contributed by atoms with Gasteiger partial charge < -0.3 is 9.64 Å². The van der Waals surface area contributed by atoms with E-state index in [-0.39, 0.29) is 11.8 Å². The lowest BCUT2D eigenvalue weighted by molar-refractivity contribution is -0.125. The molecule has 4 rings (SSSR count). The van der Waals surface area contributed by atoms with E-state index < -0.39 is 11.9 Å². The summed E-state index contributed by atoms with van der Waals surface area (Å²) >= 11 is 1.28. The zero-order valence-corrected chi connectivity index (χ0v) is 15.9. The predicted molar refractivity (Wildman–Crippen MR) is 105 cm³/mol. The second kappa shape index (κ2) is 7.05. The number of hydrogen-bond donors (Lipinski definition) is 1. The number of rotatable bonds is 3. The van der Waals surface area contributed by atoms with Gasteiger partial charge in [-0.25, -0.2) is 9.37 Å². The second-order valence-corrected chi connectivity index (χ2v) is 7.20. The van der Waals surface area contributed by atoms with Crippen LogP contribution in [0.25, 0.3) is 11.3 Å². The van der Waals surface area contributed by atoms with Gasteiger partial charge in [-0.3, -0.25) is 14.9 Å². The monoisotopic (exact) mass is 397 g/mol. The number of aromatic nitrogens is 1. The third kappa shape index (κ3) is 3.34. The average molecular weight is 397 g/mol. The first-order chi connectivity index (χ1) is 13.4. The minimum Gasteiger partial charge on any atom is -0.479 e. The molecule has 1 atom stereocenters. The van der Waals surface area contributed by atoms with Crippen LogP contribution in [0.3, 0.4) is 0 Å². The summed E-state index contributed by atoms with van der Waals surface area (Å²) in [6.45, 7) is 1.71. The Kier molecular flexibility index (Phi) is 4.56. The highest BCUT2D eigenvalue weighted by molar-refractivity contribution is 7.14. The molecular formula is C20H16FN3O3S. The van der Waals surface area contributed by atoms with Crippen LogP contribution in [-0.4, -0.2) is 29.9 Å². The lowest BCUT2D eigenvalue weighted by atomic mass is 10.1. The van der Waals surface area contributed by atoms with Crippen molar-refractivity contribution in [2.24, 2.45) is 0 Å². The summed E-state index contributed by atoms with van der Waals surface area (Å²) in [7, 11) is 1.71. The Balaban J connectivity index is 1.55. The van der Waals surface area contributed by atoms with Gasteiger partial charge in [-0.05, 0) is 49.4 Å². The number of carbonyl (C=O) groups excluding carboxylic acids is 2. The molecule has 0 spiro atoms. The number of hydrogen-bond acceptors (Lipinski definition) is 5. The van der Waals surface area contributed by atoms with Gasteiger partial charge in [-0.1, -0.05) is 0 Å². The maximum absolute atomic E-state index is 13.0. The number of fused-ring (bicyclic) bond motifs is 1. The summed E-state index contributed by atoms with van der Waals surface area (Å²) in [5.41, 5.74) is 2.49. The molecule has 0 fully saturated rings. The van der Waals surface area contributed by atoms with Crippen molar-refractivity contribution in [3.05, 3.63) is 59.2 Å². The molecule has 8 heteroatoms. The Morgan fingerprint density at radius 2 is 2.00 bits per heavy atom. The topological polar surface area (TPSA) is 71.5 Å². The van der Waals surface area contributed by atoms with Crippen molar-refractivity contribution in [3.63, 3.8) is 0 Å². The lowest BCUT2D eigenvalue weighted by Gasteiger charge is -2.30. The van der Waals surface area contributed by atoms with Gasteiger partial charge in [0.05, 0.1) is 11.4 Å². The summed E-state index contributed by atoms with van der Waals surface area (Å²) in [6.07, 6.45) is -0.518. The van der Waals surface area contributed by atoms with E-state index in [1.165, 1.54) is 35.6 Å². The fourth-order valence-corrected chi connectivity index (χ4v) is 3.62. The zero-order chi connectivity index (χ0) is 19.8. The maximum atomic E-state index is 13.0. The fraction of sp³-hybridized carbons (Fsp3) is 0.150. The fourth-order valence-electron chi connectivity index (χ4n) is 2.91. The first-order valence-electron chi connectivity index (χ1n) is 8.53. The number of nitrogens with zero attached hydrogens (tertiary/aromatic N) is 2. The number of anilines is 2. The molecule has 0 aliphatic carbocycles. The molecule has 0 saturated carbocycles. The number of ether oxygens (including phenoxy) is 1. The van der Waals surface area contributed by atoms with E-state index in [9.17, 15) is 14.0 Å². The average Bonchev–Trinajstić information content (AvgIpc) is 3.15. The molecule has 2 aromatic carbocycles. The van der Waals surface area contributed by atoms with Crippen LogP contribution in [0.5, 0.6) is 5.75 Å². The van der Waals surface area contributed by atoms with Crippen molar-refractivity contribution < 1.29 is 18.7 Å². The van der Waals surface area contributed by atoms with Crippen molar-refractivity contribution in [1.82, 2.24) is 4.98 Å². The molecule has 1 unspecified atom stereocenters. The molecule has 3 aromatic rings. The largest absolute Gasteiger partial charge is 0.479 e. The van der Waals surface area contributed by atoms with Crippen LogP contribution < -0.4 is 15.0 Å². The summed E-state index contributed by atoms with van der Waals surface area (Å²) in [4.78, 5) is 30.4. The van der Waals surface area contributed by atoms with Crippen LogP contribution in [0, 0.1) is 5.82 Å². The third-order valence-electron chi connectivity index (χ3n) is 4.43. The minimum atomic E-state index is -0.518. The van der Waals surface area contributed by atoms with E-state index in [0.29, 0.717) is 27.8 Å². The summed E-state index contributed by atoms with van der Waals surface area (Å²) in [5.74, 6) is -0.241. The number of thiazole rings is 1. The van der Waals surface area contributed by atoms with Crippen LogP contribution in [0.15, 0.2) is 47.8 Å². The van der Waals surface area contributed by atoms with Crippen molar-refractivity contribution in [2.75, 3.05) is 17.3 Å². The number of nitrogens with one attached hydrogen (secondary N) is 1. The Bertz CT molecular complexity index is 1060. The highest BCUT2D eigenvalue weighted by atomic mass is 32.1.